The van der Waals surface area contributed by atoms with Gasteiger partial charge in [-0.3, -0.25) is 14.5 Å². The molecule has 2 N–H and O–H groups in total. The maximum atomic E-state index is 12.9. The Labute approximate surface area is 149 Å². The molecule has 0 radical (unpaired) electrons. The monoisotopic (exact) mass is 341 g/mol. The van der Waals surface area contributed by atoms with Gasteiger partial charge >= 0.3 is 0 Å². The molecule has 0 aromatic heterocycles. The molecule has 5 heteroatoms. The quantitative estimate of drug-likeness (QED) is 0.910. The Morgan fingerprint density at radius 3 is 2.64 bits per heavy atom. The van der Waals surface area contributed by atoms with Crippen molar-refractivity contribution < 1.29 is 9.59 Å². The second-order valence-electron chi connectivity index (χ2n) is 7.90. The second-order valence-corrected chi connectivity index (χ2v) is 7.90. The molecule has 2 aliphatic carbocycles. The minimum absolute atomic E-state index is 0.0702. The van der Waals surface area contributed by atoms with Crippen molar-refractivity contribution in [2.45, 2.75) is 50.6 Å². The Morgan fingerprint density at radius 1 is 1.20 bits per heavy atom. The smallest absolute Gasteiger partial charge is 0.248 e. The van der Waals surface area contributed by atoms with Crippen molar-refractivity contribution in [1.82, 2.24) is 9.80 Å². The van der Waals surface area contributed by atoms with Gasteiger partial charge in [-0.25, -0.2) is 0 Å². The first-order valence-electron chi connectivity index (χ1n) is 9.49. The van der Waals surface area contributed by atoms with E-state index in [1.54, 1.807) is 6.07 Å². The number of nitrogens with zero attached hydrogens (tertiary/aromatic N) is 2. The van der Waals surface area contributed by atoms with Gasteiger partial charge in [0.1, 0.15) is 0 Å². The zero-order valence-electron chi connectivity index (χ0n) is 14.9. The Bertz CT molecular complexity index is 685. The van der Waals surface area contributed by atoms with Crippen LogP contribution in [0.1, 0.15) is 54.4 Å². The van der Waals surface area contributed by atoms with E-state index in [-0.39, 0.29) is 17.7 Å². The largest absolute Gasteiger partial charge is 0.366 e. The zero-order chi connectivity index (χ0) is 17.6. The third kappa shape index (κ3) is 3.17. The highest BCUT2D eigenvalue weighted by Crippen LogP contribution is 2.49. The average molecular weight is 341 g/mol. The molecule has 3 fully saturated rings. The molecule has 1 aliphatic heterocycles. The minimum atomic E-state index is -0.411. The summed E-state index contributed by atoms with van der Waals surface area (Å²) in [6, 6.07) is 8.48. The highest BCUT2D eigenvalue weighted by Gasteiger charge is 2.47. The van der Waals surface area contributed by atoms with E-state index in [9.17, 15) is 9.59 Å². The van der Waals surface area contributed by atoms with Crippen molar-refractivity contribution in [2.75, 3.05) is 19.6 Å². The standard InChI is InChI=1S/C20H27N3O2/c1-13-12-22(16-6-3-7-16)8-9-23(13)20(25)18-11-17(18)14-4-2-5-15(10-14)19(21)24/h2,4-5,10,13,16-18H,3,6-9,11-12H2,1H3,(H2,21,24)/t13-,17+,18-/m0/s1. The third-order valence-corrected chi connectivity index (χ3v) is 6.24. The van der Waals surface area contributed by atoms with Crippen molar-refractivity contribution in [2.24, 2.45) is 11.7 Å². The molecule has 1 saturated heterocycles. The van der Waals surface area contributed by atoms with Gasteiger partial charge in [0.05, 0.1) is 0 Å². The van der Waals surface area contributed by atoms with Crippen molar-refractivity contribution in [3.63, 3.8) is 0 Å². The molecule has 2 amide bonds. The van der Waals surface area contributed by atoms with E-state index >= 15 is 0 Å². The Morgan fingerprint density at radius 2 is 2.00 bits per heavy atom. The lowest BCUT2D eigenvalue weighted by Gasteiger charge is -2.46. The molecule has 2 saturated carbocycles. The molecule has 0 spiro atoms. The first-order valence-corrected chi connectivity index (χ1v) is 9.49. The van der Waals surface area contributed by atoms with Crippen LogP contribution in [0.25, 0.3) is 0 Å². The van der Waals surface area contributed by atoms with Crippen LogP contribution in [0.5, 0.6) is 0 Å². The summed E-state index contributed by atoms with van der Waals surface area (Å²) >= 11 is 0. The normalized spacial score (nSPS) is 30.0. The van der Waals surface area contributed by atoms with E-state index in [1.165, 1.54) is 19.3 Å². The fourth-order valence-corrected chi connectivity index (χ4v) is 4.37. The maximum absolute atomic E-state index is 12.9. The average Bonchev–Trinajstić information content (AvgIpc) is 3.33. The fourth-order valence-electron chi connectivity index (χ4n) is 4.37. The van der Waals surface area contributed by atoms with Crippen LogP contribution in [-0.4, -0.2) is 53.3 Å². The number of benzene rings is 1. The van der Waals surface area contributed by atoms with Crippen molar-refractivity contribution in [3.05, 3.63) is 35.4 Å². The molecule has 4 rings (SSSR count). The van der Waals surface area contributed by atoms with Crippen LogP contribution in [0, 0.1) is 5.92 Å². The number of rotatable bonds is 4. The lowest BCUT2D eigenvalue weighted by molar-refractivity contribution is -0.138. The van der Waals surface area contributed by atoms with E-state index in [0.29, 0.717) is 11.6 Å². The van der Waals surface area contributed by atoms with Gasteiger partial charge in [-0.1, -0.05) is 18.6 Å². The third-order valence-electron chi connectivity index (χ3n) is 6.24. The molecule has 1 aromatic carbocycles. The number of piperazine rings is 1. The highest BCUT2D eigenvalue weighted by atomic mass is 16.2. The van der Waals surface area contributed by atoms with Gasteiger partial charge < -0.3 is 10.6 Å². The predicted octanol–water partition coefficient (Wildman–Crippen LogP) is 1.97. The van der Waals surface area contributed by atoms with E-state index < -0.39 is 5.91 Å². The Balaban J connectivity index is 1.38. The molecular formula is C20H27N3O2. The lowest BCUT2D eigenvalue weighted by Crippen LogP contribution is -2.58. The predicted molar refractivity (Wildman–Crippen MR) is 96.2 cm³/mol. The highest BCUT2D eigenvalue weighted by molar-refractivity contribution is 5.93. The van der Waals surface area contributed by atoms with Crippen LogP contribution in [0.4, 0.5) is 0 Å². The van der Waals surface area contributed by atoms with Crippen LogP contribution in [-0.2, 0) is 4.79 Å². The summed E-state index contributed by atoms with van der Waals surface area (Å²) in [7, 11) is 0. The first kappa shape index (κ1) is 16.6. The molecule has 134 valence electrons. The molecule has 0 unspecified atom stereocenters. The molecule has 1 heterocycles. The SMILES string of the molecule is C[C@H]1CN(C2CCC2)CCN1C(=O)[C@H]1C[C@@H]1c1cccc(C(N)=O)c1. The molecule has 25 heavy (non-hydrogen) atoms. The Hall–Kier alpha value is -1.88. The van der Waals surface area contributed by atoms with E-state index in [2.05, 4.69) is 16.7 Å². The van der Waals surface area contributed by atoms with Crippen LogP contribution in [0.3, 0.4) is 0 Å². The van der Waals surface area contributed by atoms with Gasteiger partial charge in [0.25, 0.3) is 0 Å². The van der Waals surface area contributed by atoms with Crippen LogP contribution in [0.2, 0.25) is 0 Å². The van der Waals surface area contributed by atoms with Crippen molar-refractivity contribution >= 4 is 11.8 Å². The molecule has 1 aromatic rings. The molecule has 5 nitrogen and oxygen atoms in total. The number of nitrogens with two attached hydrogens (primary N) is 1. The summed E-state index contributed by atoms with van der Waals surface area (Å²) in [5.41, 5.74) is 6.96. The summed E-state index contributed by atoms with van der Waals surface area (Å²) in [5.74, 6) is 0.186. The van der Waals surface area contributed by atoms with Gasteiger partial charge in [0.2, 0.25) is 11.8 Å². The lowest BCUT2D eigenvalue weighted by atomic mass is 9.90. The number of carbonyl (C=O) groups excluding carboxylic acids is 2. The summed E-state index contributed by atoms with van der Waals surface area (Å²) < 4.78 is 0. The summed E-state index contributed by atoms with van der Waals surface area (Å²) in [4.78, 5) is 29.0. The molecule has 3 aliphatic rings. The zero-order valence-corrected chi connectivity index (χ0v) is 14.9. The van der Waals surface area contributed by atoms with E-state index in [0.717, 1.165) is 37.7 Å². The Kier molecular flexibility index (Phi) is 4.28. The van der Waals surface area contributed by atoms with Gasteiger partial charge in [0, 0.05) is 43.2 Å². The number of carbonyl (C=O) groups is 2. The number of hydrogen-bond acceptors (Lipinski definition) is 3. The molecule has 0 bridgehead atoms. The van der Waals surface area contributed by atoms with E-state index in [4.69, 9.17) is 5.73 Å². The number of hydrogen-bond donors (Lipinski definition) is 1. The van der Waals surface area contributed by atoms with Crippen LogP contribution < -0.4 is 5.73 Å². The maximum Gasteiger partial charge on any atom is 0.248 e. The van der Waals surface area contributed by atoms with Gasteiger partial charge in [0.15, 0.2) is 0 Å². The fraction of sp³-hybridized carbons (Fsp3) is 0.600. The van der Waals surface area contributed by atoms with Crippen molar-refractivity contribution in [3.8, 4) is 0 Å². The molecular weight excluding hydrogens is 314 g/mol. The molecule has 3 atom stereocenters. The topological polar surface area (TPSA) is 66.6 Å². The number of amides is 2. The van der Waals surface area contributed by atoms with Crippen LogP contribution >= 0.6 is 0 Å². The van der Waals surface area contributed by atoms with E-state index in [1.807, 2.05) is 18.2 Å². The minimum Gasteiger partial charge on any atom is -0.366 e. The summed E-state index contributed by atoms with van der Waals surface area (Å²) in [6.07, 6.45) is 4.88. The summed E-state index contributed by atoms with van der Waals surface area (Å²) in [6.45, 7) is 5.04. The second kappa shape index (κ2) is 6.45. The number of primary amides is 1. The van der Waals surface area contributed by atoms with Crippen LogP contribution in [0.15, 0.2) is 24.3 Å². The van der Waals surface area contributed by atoms with Crippen molar-refractivity contribution in [1.29, 1.82) is 0 Å². The first-order chi connectivity index (χ1) is 12.0. The van der Waals surface area contributed by atoms with Gasteiger partial charge in [-0.05, 0) is 49.8 Å². The van der Waals surface area contributed by atoms with Gasteiger partial charge in [-0.2, -0.15) is 0 Å². The van der Waals surface area contributed by atoms with Gasteiger partial charge in [-0.15, -0.1) is 0 Å². The summed E-state index contributed by atoms with van der Waals surface area (Å²) in [5, 5.41) is 0.